The predicted molar refractivity (Wildman–Crippen MR) is 112 cm³/mol. The molecule has 1 aromatic carbocycles. The van der Waals surface area contributed by atoms with Crippen LogP contribution in [0.5, 0.6) is 0 Å². The molecule has 9 nitrogen and oxygen atoms in total. The van der Waals surface area contributed by atoms with E-state index in [0.29, 0.717) is 31.7 Å². The van der Waals surface area contributed by atoms with E-state index in [1.807, 2.05) is 0 Å². The van der Waals surface area contributed by atoms with Gasteiger partial charge in [-0.3, -0.25) is 19.7 Å². The number of hydrogen-bond donors (Lipinski definition) is 1. The van der Waals surface area contributed by atoms with Crippen LogP contribution in [-0.2, 0) is 20.5 Å². The number of nitrogens with one attached hydrogen (secondary N) is 1. The van der Waals surface area contributed by atoms with Crippen LogP contribution in [0.15, 0.2) is 36.5 Å². The molecule has 0 saturated carbocycles. The lowest BCUT2D eigenvalue weighted by Crippen LogP contribution is -2.38. The van der Waals surface area contributed by atoms with Gasteiger partial charge in [-0.15, -0.1) is 0 Å². The minimum Gasteiger partial charge on any atom is -0.455 e. The molecule has 2 heterocycles. The second-order valence-corrected chi connectivity index (χ2v) is 7.53. The highest BCUT2D eigenvalue weighted by Crippen LogP contribution is 2.30. The van der Waals surface area contributed by atoms with Gasteiger partial charge in [-0.25, -0.2) is 4.98 Å². The van der Waals surface area contributed by atoms with E-state index in [1.54, 1.807) is 4.90 Å². The van der Waals surface area contributed by atoms with Crippen LogP contribution in [-0.4, -0.2) is 41.5 Å². The number of rotatable bonds is 6. The zero-order valence-electron chi connectivity index (χ0n) is 17.6. The number of halogens is 3. The van der Waals surface area contributed by atoms with Crippen molar-refractivity contribution >= 4 is 29.1 Å². The number of pyridine rings is 1. The molecule has 1 aromatic heterocycles. The summed E-state index contributed by atoms with van der Waals surface area (Å²) in [5.41, 5.74) is -0.434. The van der Waals surface area contributed by atoms with Crippen LogP contribution in [0.4, 0.5) is 30.4 Å². The average molecular weight is 466 g/mol. The number of nitrogens with zero attached hydrogens (tertiary/aromatic N) is 3. The van der Waals surface area contributed by atoms with Gasteiger partial charge in [-0.2, -0.15) is 13.2 Å². The zero-order valence-corrected chi connectivity index (χ0v) is 17.6. The summed E-state index contributed by atoms with van der Waals surface area (Å²) in [4.78, 5) is 40.5. The molecular formula is C21H21F3N4O5. The van der Waals surface area contributed by atoms with Crippen LogP contribution in [0.25, 0.3) is 0 Å². The molecule has 12 heteroatoms. The molecule has 1 amide bonds. The van der Waals surface area contributed by atoms with Gasteiger partial charge >= 0.3 is 12.1 Å². The highest BCUT2D eigenvalue weighted by molar-refractivity contribution is 5.94. The maximum absolute atomic E-state index is 12.7. The van der Waals surface area contributed by atoms with E-state index in [1.165, 1.54) is 31.2 Å². The van der Waals surface area contributed by atoms with E-state index in [9.17, 15) is 32.9 Å². The van der Waals surface area contributed by atoms with Gasteiger partial charge in [-0.1, -0.05) is 6.07 Å². The van der Waals surface area contributed by atoms with Crippen LogP contribution < -0.4 is 10.2 Å². The monoisotopic (exact) mass is 466 g/mol. The average Bonchev–Trinajstić information content (AvgIpc) is 2.78. The minimum absolute atomic E-state index is 0.140. The fourth-order valence-electron chi connectivity index (χ4n) is 3.48. The third kappa shape index (κ3) is 5.96. The maximum atomic E-state index is 12.7. The summed E-state index contributed by atoms with van der Waals surface area (Å²) in [7, 11) is 0. The number of ether oxygens (including phenoxy) is 1. The van der Waals surface area contributed by atoms with E-state index in [4.69, 9.17) is 4.74 Å². The zero-order chi connectivity index (χ0) is 24.2. The quantitative estimate of drug-likeness (QED) is 0.392. The molecule has 0 aliphatic carbocycles. The maximum Gasteiger partial charge on any atom is 0.417 e. The minimum atomic E-state index is -4.46. The predicted octanol–water partition coefficient (Wildman–Crippen LogP) is 3.72. The van der Waals surface area contributed by atoms with Crippen molar-refractivity contribution in [3.63, 3.8) is 0 Å². The van der Waals surface area contributed by atoms with Crippen molar-refractivity contribution in [2.24, 2.45) is 5.92 Å². The summed E-state index contributed by atoms with van der Waals surface area (Å²) in [6, 6.07) is 6.52. The molecule has 33 heavy (non-hydrogen) atoms. The molecule has 1 aliphatic rings. The van der Waals surface area contributed by atoms with Crippen LogP contribution in [0, 0.1) is 23.0 Å². The van der Waals surface area contributed by atoms with Crippen molar-refractivity contribution in [1.82, 2.24) is 4.98 Å². The lowest BCUT2D eigenvalue weighted by Gasteiger charge is -2.31. The summed E-state index contributed by atoms with van der Waals surface area (Å²) >= 11 is 0. The molecule has 0 bridgehead atoms. The van der Waals surface area contributed by atoms with Crippen molar-refractivity contribution in [2.45, 2.75) is 25.9 Å². The standard InChI is InChI=1S/C21H21F3N4O5/c1-13-16(3-2-4-17(13)28(31)32)26-19(29)12-33-20(30)14-7-9-27(10-8-14)18-6-5-15(11-25-18)21(22,23)24/h2-6,11,14H,7-10,12H2,1H3,(H,26,29). The Morgan fingerprint density at radius 1 is 1.24 bits per heavy atom. The van der Waals surface area contributed by atoms with Crippen molar-refractivity contribution in [3.05, 3.63) is 57.8 Å². The fourth-order valence-corrected chi connectivity index (χ4v) is 3.48. The third-order valence-corrected chi connectivity index (χ3v) is 5.35. The van der Waals surface area contributed by atoms with Gasteiger partial charge in [0.05, 0.1) is 27.7 Å². The number of benzene rings is 1. The molecule has 0 spiro atoms. The molecule has 2 aromatic rings. The number of amides is 1. The highest BCUT2D eigenvalue weighted by Gasteiger charge is 2.32. The van der Waals surface area contributed by atoms with Gasteiger partial charge in [0.25, 0.3) is 11.6 Å². The lowest BCUT2D eigenvalue weighted by molar-refractivity contribution is -0.385. The molecule has 0 atom stereocenters. The second kappa shape index (κ2) is 9.84. The Labute approximate surface area is 186 Å². The van der Waals surface area contributed by atoms with Crippen LogP contribution in [0.3, 0.4) is 0 Å². The van der Waals surface area contributed by atoms with Gasteiger partial charge in [0, 0.05) is 25.4 Å². The molecule has 176 valence electrons. The molecule has 1 saturated heterocycles. The number of hydrogen-bond acceptors (Lipinski definition) is 7. The number of esters is 1. The second-order valence-electron chi connectivity index (χ2n) is 7.53. The largest absolute Gasteiger partial charge is 0.455 e. The van der Waals surface area contributed by atoms with Crippen molar-refractivity contribution < 1.29 is 32.4 Å². The topological polar surface area (TPSA) is 115 Å². The summed E-state index contributed by atoms with van der Waals surface area (Å²) in [5, 5.41) is 13.5. The lowest BCUT2D eigenvalue weighted by atomic mass is 9.97. The number of piperidine rings is 1. The molecule has 1 aliphatic heterocycles. The van der Waals surface area contributed by atoms with E-state index in [2.05, 4.69) is 10.3 Å². The van der Waals surface area contributed by atoms with Gasteiger partial charge < -0.3 is 15.0 Å². The Hall–Kier alpha value is -3.70. The summed E-state index contributed by atoms with van der Waals surface area (Å²) in [5.74, 6) is -1.25. The van der Waals surface area contributed by atoms with Crippen LogP contribution in [0.1, 0.15) is 24.0 Å². The van der Waals surface area contributed by atoms with E-state index < -0.39 is 41.1 Å². The number of alkyl halides is 3. The number of carbonyl (C=O) groups is 2. The number of aromatic nitrogens is 1. The molecule has 1 N–H and O–H groups in total. The molecule has 3 rings (SSSR count). The van der Waals surface area contributed by atoms with Crippen LogP contribution >= 0.6 is 0 Å². The Kier molecular flexibility index (Phi) is 7.14. The first kappa shape index (κ1) is 24.0. The van der Waals surface area contributed by atoms with Gasteiger partial charge in [0.15, 0.2) is 6.61 Å². The first-order valence-electron chi connectivity index (χ1n) is 10.0. The Balaban J connectivity index is 1.47. The van der Waals surface area contributed by atoms with Crippen molar-refractivity contribution in [2.75, 3.05) is 29.9 Å². The number of carbonyl (C=O) groups excluding carboxylic acids is 2. The number of nitro benzene ring substituents is 1. The van der Waals surface area contributed by atoms with E-state index >= 15 is 0 Å². The Morgan fingerprint density at radius 2 is 1.94 bits per heavy atom. The van der Waals surface area contributed by atoms with Gasteiger partial charge in [0.1, 0.15) is 5.82 Å². The first-order chi connectivity index (χ1) is 15.6. The van der Waals surface area contributed by atoms with E-state index in [0.717, 1.165) is 12.3 Å². The fraction of sp³-hybridized carbons (Fsp3) is 0.381. The number of anilines is 2. The van der Waals surface area contributed by atoms with Crippen LogP contribution in [0.2, 0.25) is 0 Å². The van der Waals surface area contributed by atoms with Crippen molar-refractivity contribution in [1.29, 1.82) is 0 Å². The SMILES string of the molecule is Cc1c(NC(=O)COC(=O)C2CCN(c3ccc(C(F)(F)F)cn3)CC2)cccc1[N+](=O)[O-]. The highest BCUT2D eigenvalue weighted by atomic mass is 19.4. The normalized spacial score (nSPS) is 14.6. The Bertz CT molecular complexity index is 1040. The smallest absolute Gasteiger partial charge is 0.417 e. The molecular weight excluding hydrogens is 445 g/mol. The molecule has 0 radical (unpaired) electrons. The van der Waals surface area contributed by atoms with Gasteiger partial charge in [-0.05, 0) is 38.0 Å². The van der Waals surface area contributed by atoms with Crippen molar-refractivity contribution in [3.8, 4) is 0 Å². The summed E-state index contributed by atoms with van der Waals surface area (Å²) in [6.07, 6.45) is -2.89. The van der Waals surface area contributed by atoms with Gasteiger partial charge in [0.2, 0.25) is 0 Å². The number of nitro groups is 1. The third-order valence-electron chi connectivity index (χ3n) is 5.35. The molecule has 1 fully saturated rings. The Morgan fingerprint density at radius 3 is 2.52 bits per heavy atom. The molecule has 0 unspecified atom stereocenters. The summed E-state index contributed by atoms with van der Waals surface area (Å²) in [6.45, 7) is 1.76. The first-order valence-corrected chi connectivity index (χ1v) is 10.0. The summed E-state index contributed by atoms with van der Waals surface area (Å²) < 4.78 is 43.1. The van der Waals surface area contributed by atoms with E-state index in [-0.39, 0.29) is 16.9 Å².